The SMILES string of the molecule is CCC1=N[C@]23c4csnc4O[C@@]2(c2ccc(C#N)cc2)[C@H](c2cccc(F)c2)[C@@H](CN(C)C)[C@]3(O)N1. The van der Waals surface area contributed by atoms with Crippen molar-refractivity contribution in [1.29, 1.82) is 5.26 Å². The molecule has 5 atom stereocenters. The lowest BCUT2D eigenvalue weighted by atomic mass is 9.69. The normalized spacial score (nSPS) is 31.8. The van der Waals surface area contributed by atoms with Gasteiger partial charge in [0.15, 0.2) is 16.9 Å². The van der Waals surface area contributed by atoms with Crippen molar-refractivity contribution in [1.82, 2.24) is 14.6 Å². The first-order chi connectivity index (χ1) is 17.3. The number of nitrogens with zero attached hydrogens (tertiary/aromatic N) is 4. The van der Waals surface area contributed by atoms with Crippen LogP contribution in [0.3, 0.4) is 0 Å². The van der Waals surface area contributed by atoms with E-state index in [0.717, 1.165) is 11.1 Å². The highest BCUT2D eigenvalue weighted by Crippen LogP contribution is 2.74. The van der Waals surface area contributed by atoms with Gasteiger partial charge in [-0.15, -0.1) is 0 Å². The maximum absolute atomic E-state index is 14.7. The summed E-state index contributed by atoms with van der Waals surface area (Å²) in [6, 6.07) is 15.9. The van der Waals surface area contributed by atoms with Crippen molar-refractivity contribution in [3.63, 3.8) is 0 Å². The molecule has 0 saturated heterocycles. The molecule has 1 fully saturated rings. The van der Waals surface area contributed by atoms with Gasteiger partial charge in [0.1, 0.15) is 5.82 Å². The Morgan fingerprint density at radius 3 is 2.69 bits per heavy atom. The third kappa shape index (κ3) is 2.72. The second-order valence-electron chi connectivity index (χ2n) is 9.98. The van der Waals surface area contributed by atoms with E-state index < -0.39 is 28.7 Å². The van der Waals surface area contributed by atoms with E-state index in [4.69, 9.17) is 9.73 Å². The Morgan fingerprint density at radius 2 is 2.03 bits per heavy atom. The van der Waals surface area contributed by atoms with E-state index >= 15 is 0 Å². The summed E-state index contributed by atoms with van der Waals surface area (Å²) in [5.74, 6) is -0.191. The lowest BCUT2D eigenvalue weighted by Gasteiger charge is -2.41. The van der Waals surface area contributed by atoms with Gasteiger partial charge in [0.25, 0.3) is 0 Å². The smallest absolute Gasteiger partial charge is 0.232 e. The Morgan fingerprint density at radius 1 is 1.25 bits per heavy atom. The summed E-state index contributed by atoms with van der Waals surface area (Å²) in [7, 11) is 3.91. The predicted octanol–water partition coefficient (Wildman–Crippen LogP) is 3.71. The molecule has 6 rings (SSSR count). The van der Waals surface area contributed by atoms with Crippen LogP contribution in [-0.4, -0.2) is 46.6 Å². The summed E-state index contributed by atoms with van der Waals surface area (Å²) in [5, 5.41) is 27.5. The van der Waals surface area contributed by atoms with Crippen LogP contribution in [0.1, 0.15) is 41.5 Å². The van der Waals surface area contributed by atoms with E-state index in [9.17, 15) is 14.8 Å². The van der Waals surface area contributed by atoms with E-state index in [1.54, 1.807) is 18.2 Å². The van der Waals surface area contributed by atoms with Gasteiger partial charge in [0, 0.05) is 30.2 Å². The fourth-order valence-electron chi connectivity index (χ4n) is 6.60. The van der Waals surface area contributed by atoms with Crippen molar-refractivity contribution in [2.75, 3.05) is 20.6 Å². The van der Waals surface area contributed by atoms with E-state index in [1.165, 1.54) is 23.7 Å². The minimum absolute atomic E-state index is 0.361. The molecule has 1 aliphatic carbocycles. The molecule has 0 bridgehead atoms. The molecule has 3 aromatic rings. The second-order valence-corrected chi connectivity index (χ2v) is 10.6. The highest BCUT2D eigenvalue weighted by Gasteiger charge is 2.85. The zero-order valence-electron chi connectivity index (χ0n) is 20.2. The Hall–Kier alpha value is -3.32. The molecule has 0 amide bonds. The summed E-state index contributed by atoms with van der Waals surface area (Å²) in [5.41, 5.74) is -1.35. The lowest BCUT2D eigenvalue weighted by molar-refractivity contribution is -0.0858. The third-order valence-corrected chi connectivity index (χ3v) is 8.45. The molecule has 7 nitrogen and oxygen atoms in total. The van der Waals surface area contributed by atoms with Gasteiger partial charge in [0.2, 0.25) is 5.88 Å². The first kappa shape index (κ1) is 23.1. The number of ether oxygens (including phenoxy) is 1. The number of rotatable bonds is 5. The molecule has 1 aromatic heterocycles. The van der Waals surface area contributed by atoms with E-state index in [-0.39, 0.29) is 5.82 Å². The van der Waals surface area contributed by atoms with Crippen molar-refractivity contribution >= 4 is 17.4 Å². The summed E-state index contributed by atoms with van der Waals surface area (Å²) < 4.78 is 26.1. The Bertz CT molecular complexity index is 1420. The molecule has 9 heteroatoms. The highest BCUT2D eigenvalue weighted by molar-refractivity contribution is 7.03. The fourth-order valence-corrected chi connectivity index (χ4v) is 7.26. The molecule has 2 aliphatic heterocycles. The average Bonchev–Trinajstić information content (AvgIpc) is 3.55. The number of aliphatic hydroxyl groups is 1. The average molecular weight is 504 g/mol. The van der Waals surface area contributed by atoms with Crippen molar-refractivity contribution in [2.45, 2.75) is 36.1 Å². The van der Waals surface area contributed by atoms with Crippen LogP contribution in [0.2, 0.25) is 0 Å². The summed E-state index contributed by atoms with van der Waals surface area (Å²) >= 11 is 1.26. The zero-order valence-corrected chi connectivity index (χ0v) is 21.0. The number of hydrogen-bond acceptors (Lipinski definition) is 8. The van der Waals surface area contributed by atoms with Crippen molar-refractivity contribution in [3.8, 4) is 11.9 Å². The van der Waals surface area contributed by atoms with Crippen molar-refractivity contribution in [2.24, 2.45) is 10.9 Å². The molecule has 0 unspecified atom stereocenters. The van der Waals surface area contributed by atoms with Crippen LogP contribution in [0.5, 0.6) is 5.88 Å². The van der Waals surface area contributed by atoms with Gasteiger partial charge in [-0.1, -0.05) is 31.2 Å². The third-order valence-electron chi connectivity index (χ3n) is 7.83. The van der Waals surface area contributed by atoms with Crippen LogP contribution in [0, 0.1) is 23.1 Å². The number of aliphatic imine (C=N–C) groups is 1. The Balaban J connectivity index is 1.73. The largest absolute Gasteiger partial charge is 0.461 e. The molecular weight excluding hydrogens is 477 g/mol. The van der Waals surface area contributed by atoms with Gasteiger partial charge in [0.05, 0.1) is 23.0 Å². The minimum Gasteiger partial charge on any atom is -0.461 e. The quantitative estimate of drug-likeness (QED) is 0.551. The van der Waals surface area contributed by atoms with Crippen molar-refractivity contribution < 1.29 is 14.2 Å². The molecule has 0 radical (unpaired) electrons. The first-order valence-corrected chi connectivity index (χ1v) is 12.8. The van der Waals surface area contributed by atoms with Crippen LogP contribution in [0.25, 0.3) is 0 Å². The van der Waals surface area contributed by atoms with Gasteiger partial charge >= 0.3 is 0 Å². The lowest BCUT2D eigenvalue weighted by Crippen LogP contribution is -2.61. The number of benzene rings is 2. The second kappa shape index (κ2) is 7.84. The zero-order chi connectivity index (χ0) is 25.3. The topological polar surface area (TPSA) is 93.8 Å². The summed E-state index contributed by atoms with van der Waals surface area (Å²) in [4.78, 5) is 7.24. The van der Waals surface area contributed by atoms with Gasteiger partial charge in [-0.25, -0.2) is 4.39 Å². The minimum atomic E-state index is -1.54. The summed E-state index contributed by atoms with van der Waals surface area (Å²) in [6.07, 6.45) is 0.597. The molecule has 184 valence electrons. The Labute approximate surface area is 213 Å². The molecule has 1 spiro atoms. The molecular formula is C27H26FN5O2S. The van der Waals surface area contributed by atoms with Crippen LogP contribution < -0.4 is 10.1 Å². The molecule has 3 heterocycles. The maximum Gasteiger partial charge on any atom is 0.232 e. The standard InChI is InChI=1S/C27H26FN5O2S/c1-4-22-30-26-21-15-36-32-24(21)35-25(26,18-10-8-16(13-29)9-11-18)23(17-6-5-7-19(28)12-17)20(14-33(2)3)27(26,34)31-22/h5-12,15,20,23,34H,4,14H2,1-3H3,(H,30,31)/t20-,23-,25+,26-,27-/m1/s1. The first-order valence-electron chi connectivity index (χ1n) is 11.9. The number of fused-ring (bicyclic) bond motifs is 1. The maximum atomic E-state index is 14.7. The van der Waals surface area contributed by atoms with Crippen LogP contribution in [-0.2, 0) is 11.1 Å². The number of nitriles is 1. The Kier molecular flexibility index (Phi) is 5.03. The monoisotopic (exact) mass is 503 g/mol. The van der Waals surface area contributed by atoms with Crippen LogP contribution >= 0.6 is 11.5 Å². The van der Waals surface area contributed by atoms with Crippen LogP contribution in [0.4, 0.5) is 4.39 Å². The molecule has 36 heavy (non-hydrogen) atoms. The molecule has 1 saturated carbocycles. The number of halogens is 1. The molecule has 2 N–H and O–H groups in total. The van der Waals surface area contributed by atoms with E-state index in [1.807, 2.05) is 49.5 Å². The predicted molar refractivity (Wildman–Crippen MR) is 134 cm³/mol. The highest BCUT2D eigenvalue weighted by atomic mass is 32.1. The van der Waals surface area contributed by atoms with Gasteiger partial charge in [-0.05, 0) is 61.0 Å². The van der Waals surface area contributed by atoms with Gasteiger partial charge in [-0.3, -0.25) is 4.99 Å². The number of aromatic nitrogens is 1. The van der Waals surface area contributed by atoms with Gasteiger partial charge in [-0.2, -0.15) is 9.64 Å². The molecule has 2 aromatic carbocycles. The van der Waals surface area contributed by atoms with Crippen molar-refractivity contribution in [3.05, 3.63) is 82.0 Å². The summed E-state index contributed by atoms with van der Waals surface area (Å²) in [6.45, 7) is 2.48. The van der Waals surface area contributed by atoms with Crippen LogP contribution in [0.15, 0.2) is 58.9 Å². The van der Waals surface area contributed by atoms with E-state index in [0.29, 0.717) is 35.8 Å². The van der Waals surface area contributed by atoms with Gasteiger partial charge < -0.3 is 20.1 Å². The number of nitrogens with one attached hydrogen (secondary N) is 1. The molecule has 3 aliphatic rings. The van der Waals surface area contributed by atoms with E-state index in [2.05, 4.69) is 15.8 Å². The number of amidine groups is 1. The number of hydrogen-bond donors (Lipinski definition) is 2. The fraction of sp³-hybridized carbons (Fsp3) is 0.370.